The van der Waals surface area contributed by atoms with Crippen LogP contribution in [0.1, 0.15) is 43.2 Å². The summed E-state index contributed by atoms with van der Waals surface area (Å²) in [5, 5.41) is 7.22. The first-order valence-electron chi connectivity index (χ1n) is 8.28. The molecule has 0 saturated heterocycles. The van der Waals surface area contributed by atoms with Crippen molar-refractivity contribution in [3.8, 4) is 0 Å². The van der Waals surface area contributed by atoms with Crippen LogP contribution in [-0.2, 0) is 17.9 Å². The summed E-state index contributed by atoms with van der Waals surface area (Å²) in [5.41, 5.74) is 7.84. The lowest BCUT2D eigenvalue weighted by Gasteiger charge is -2.31. The molecule has 1 aliphatic rings. The molecular formula is C18H25ClN4O. The monoisotopic (exact) mass is 348 g/mol. The molecule has 3 N–H and O–H groups in total. The summed E-state index contributed by atoms with van der Waals surface area (Å²) < 4.78 is 1.88. The summed E-state index contributed by atoms with van der Waals surface area (Å²) in [6.07, 6.45) is 8.56. The molecule has 24 heavy (non-hydrogen) atoms. The zero-order valence-electron chi connectivity index (χ0n) is 13.8. The highest BCUT2D eigenvalue weighted by Gasteiger charge is 2.34. The molecule has 1 aromatic heterocycles. The van der Waals surface area contributed by atoms with Gasteiger partial charge in [-0.1, -0.05) is 43.5 Å². The molecule has 130 valence electrons. The SMILES string of the molecule is Cl.NC1(C(=O)NCc2cccc(Cn3cccn3)c2)CCCCC1. The van der Waals surface area contributed by atoms with Gasteiger partial charge in [-0.25, -0.2) is 0 Å². The number of amides is 1. The van der Waals surface area contributed by atoms with E-state index in [4.69, 9.17) is 5.73 Å². The maximum absolute atomic E-state index is 12.4. The number of carbonyl (C=O) groups is 1. The van der Waals surface area contributed by atoms with E-state index in [1.54, 1.807) is 6.20 Å². The van der Waals surface area contributed by atoms with E-state index in [0.29, 0.717) is 6.54 Å². The molecular weight excluding hydrogens is 324 g/mol. The molecule has 0 aliphatic heterocycles. The third-order valence-electron chi connectivity index (χ3n) is 4.55. The van der Waals surface area contributed by atoms with Crippen molar-refractivity contribution in [1.29, 1.82) is 0 Å². The second-order valence-electron chi connectivity index (χ2n) is 6.42. The lowest BCUT2D eigenvalue weighted by atomic mass is 9.82. The number of nitrogens with two attached hydrogens (primary N) is 1. The van der Waals surface area contributed by atoms with Gasteiger partial charge in [0.1, 0.15) is 0 Å². The highest BCUT2D eigenvalue weighted by molar-refractivity contribution is 5.86. The molecule has 5 nitrogen and oxygen atoms in total. The van der Waals surface area contributed by atoms with Gasteiger partial charge in [0.25, 0.3) is 0 Å². The zero-order valence-corrected chi connectivity index (χ0v) is 14.6. The van der Waals surface area contributed by atoms with Gasteiger partial charge in [0.05, 0.1) is 12.1 Å². The fraction of sp³-hybridized carbons (Fsp3) is 0.444. The van der Waals surface area contributed by atoms with Gasteiger partial charge in [-0.15, -0.1) is 12.4 Å². The van der Waals surface area contributed by atoms with Crippen molar-refractivity contribution in [1.82, 2.24) is 15.1 Å². The van der Waals surface area contributed by atoms with Gasteiger partial charge in [-0.05, 0) is 30.0 Å². The number of benzene rings is 1. The Kier molecular flexibility index (Phi) is 6.40. The summed E-state index contributed by atoms with van der Waals surface area (Å²) in [6, 6.07) is 10.1. The van der Waals surface area contributed by atoms with Crippen molar-refractivity contribution < 1.29 is 4.79 Å². The van der Waals surface area contributed by atoms with Gasteiger partial charge in [0.15, 0.2) is 0 Å². The van der Waals surface area contributed by atoms with Crippen LogP contribution >= 0.6 is 12.4 Å². The standard InChI is InChI=1S/C18H24N4O.ClH/c19-18(8-2-1-3-9-18)17(23)20-13-15-6-4-7-16(12-15)14-22-11-5-10-21-22;/h4-7,10-12H,1-3,8-9,13-14,19H2,(H,20,23);1H. The Hall–Kier alpha value is -1.85. The van der Waals surface area contributed by atoms with Gasteiger partial charge in [-0.3, -0.25) is 9.48 Å². The number of carbonyl (C=O) groups excluding carboxylic acids is 1. The van der Waals surface area contributed by atoms with Gasteiger partial charge < -0.3 is 11.1 Å². The fourth-order valence-corrected chi connectivity index (χ4v) is 3.19. The van der Waals surface area contributed by atoms with E-state index < -0.39 is 5.54 Å². The molecule has 0 bridgehead atoms. The average Bonchev–Trinajstić information content (AvgIpc) is 3.06. The number of nitrogens with one attached hydrogen (secondary N) is 1. The van der Waals surface area contributed by atoms with Crippen LogP contribution in [-0.4, -0.2) is 21.2 Å². The van der Waals surface area contributed by atoms with Gasteiger partial charge >= 0.3 is 0 Å². The molecule has 0 radical (unpaired) electrons. The normalized spacial score (nSPS) is 16.2. The second kappa shape index (κ2) is 8.31. The Balaban J connectivity index is 0.00000208. The van der Waals surface area contributed by atoms with Crippen molar-refractivity contribution in [2.75, 3.05) is 0 Å². The van der Waals surface area contributed by atoms with Gasteiger partial charge in [-0.2, -0.15) is 5.10 Å². The highest BCUT2D eigenvalue weighted by Crippen LogP contribution is 2.26. The number of halogens is 1. The van der Waals surface area contributed by atoms with Crippen LogP contribution < -0.4 is 11.1 Å². The third-order valence-corrected chi connectivity index (χ3v) is 4.55. The average molecular weight is 349 g/mol. The van der Waals surface area contributed by atoms with E-state index in [9.17, 15) is 4.79 Å². The van der Waals surface area contributed by atoms with E-state index >= 15 is 0 Å². The molecule has 1 amide bonds. The van der Waals surface area contributed by atoms with Crippen LogP contribution in [0.15, 0.2) is 42.7 Å². The molecule has 0 atom stereocenters. The Morgan fingerprint density at radius 2 is 1.96 bits per heavy atom. The van der Waals surface area contributed by atoms with E-state index in [1.807, 2.05) is 29.1 Å². The number of nitrogens with zero attached hydrogens (tertiary/aromatic N) is 2. The fourth-order valence-electron chi connectivity index (χ4n) is 3.19. The summed E-state index contributed by atoms with van der Waals surface area (Å²) in [7, 11) is 0. The van der Waals surface area contributed by atoms with Crippen LogP contribution in [0.4, 0.5) is 0 Å². The van der Waals surface area contributed by atoms with Crippen molar-refractivity contribution in [2.45, 2.75) is 50.7 Å². The first kappa shape index (κ1) is 18.5. The molecule has 6 heteroatoms. The van der Waals surface area contributed by atoms with E-state index in [-0.39, 0.29) is 18.3 Å². The molecule has 1 saturated carbocycles. The van der Waals surface area contributed by atoms with Crippen LogP contribution in [0, 0.1) is 0 Å². The predicted molar refractivity (Wildman–Crippen MR) is 96.9 cm³/mol. The summed E-state index contributed by atoms with van der Waals surface area (Å²) in [5.74, 6) is -0.0188. The summed E-state index contributed by atoms with van der Waals surface area (Å²) >= 11 is 0. The van der Waals surface area contributed by atoms with Crippen LogP contribution in [0.3, 0.4) is 0 Å². The topological polar surface area (TPSA) is 72.9 Å². The maximum Gasteiger partial charge on any atom is 0.240 e. The Morgan fingerprint density at radius 1 is 1.21 bits per heavy atom. The highest BCUT2D eigenvalue weighted by atomic mass is 35.5. The minimum atomic E-state index is -0.676. The Labute approximate surface area is 149 Å². The number of aromatic nitrogens is 2. The molecule has 1 aromatic carbocycles. The third kappa shape index (κ3) is 4.58. The van der Waals surface area contributed by atoms with E-state index in [0.717, 1.165) is 37.8 Å². The quantitative estimate of drug-likeness (QED) is 0.872. The van der Waals surface area contributed by atoms with E-state index in [2.05, 4.69) is 22.5 Å². The summed E-state index contributed by atoms with van der Waals surface area (Å²) in [6.45, 7) is 1.25. The molecule has 1 heterocycles. The number of hydrogen-bond donors (Lipinski definition) is 2. The predicted octanol–water partition coefficient (Wildman–Crippen LogP) is 2.63. The van der Waals surface area contributed by atoms with Gasteiger partial charge in [0.2, 0.25) is 5.91 Å². The second-order valence-corrected chi connectivity index (χ2v) is 6.42. The Morgan fingerprint density at radius 3 is 2.67 bits per heavy atom. The minimum Gasteiger partial charge on any atom is -0.350 e. The zero-order chi connectivity index (χ0) is 16.1. The lowest BCUT2D eigenvalue weighted by molar-refractivity contribution is -0.127. The maximum atomic E-state index is 12.4. The van der Waals surface area contributed by atoms with Crippen LogP contribution in [0.25, 0.3) is 0 Å². The van der Waals surface area contributed by atoms with Crippen LogP contribution in [0.5, 0.6) is 0 Å². The first-order chi connectivity index (χ1) is 11.2. The molecule has 0 spiro atoms. The van der Waals surface area contributed by atoms with Crippen LogP contribution in [0.2, 0.25) is 0 Å². The number of rotatable bonds is 5. The molecule has 0 unspecified atom stereocenters. The minimum absolute atomic E-state index is 0. The largest absolute Gasteiger partial charge is 0.350 e. The summed E-state index contributed by atoms with van der Waals surface area (Å²) in [4.78, 5) is 12.4. The first-order valence-corrected chi connectivity index (χ1v) is 8.28. The molecule has 1 aliphatic carbocycles. The van der Waals surface area contributed by atoms with Crippen molar-refractivity contribution in [3.05, 3.63) is 53.9 Å². The van der Waals surface area contributed by atoms with Crippen molar-refractivity contribution in [3.63, 3.8) is 0 Å². The molecule has 2 aromatic rings. The van der Waals surface area contributed by atoms with E-state index in [1.165, 1.54) is 12.0 Å². The van der Waals surface area contributed by atoms with Gasteiger partial charge in [0, 0.05) is 18.9 Å². The number of hydrogen-bond acceptors (Lipinski definition) is 3. The van der Waals surface area contributed by atoms with Crippen molar-refractivity contribution in [2.24, 2.45) is 5.73 Å². The smallest absolute Gasteiger partial charge is 0.240 e. The Bertz CT molecular complexity index is 651. The molecule has 3 rings (SSSR count). The molecule has 1 fully saturated rings. The van der Waals surface area contributed by atoms with Crippen molar-refractivity contribution >= 4 is 18.3 Å². The lowest BCUT2D eigenvalue weighted by Crippen LogP contribution is -2.54.